The first-order valence-corrected chi connectivity index (χ1v) is 6.03. The predicted octanol–water partition coefficient (Wildman–Crippen LogP) is 5.03. The summed E-state index contributed by atoms with van der Waals surface area (Å²) >= 11 is 11.8. The number of aliphatic imine (C=N–C) groups is 1. The average Bonchev–Trinajstić information content (AvgIpc) is 2.25. The summed E-state index contributed by atoms with van der Waals surface area (Å²) in [6.07, 6.45) is 6.11. The van der Waals surface area contributed by atoms with Gasteiger partial charge in [0.05, 0.1) is 15.7 Å². The molecule has 0 unspecified atom stereocenters. The molecular formula is C12H13Cl2N. The van der Waals surface area contributed by atoms with Gasteiger partial charge in [-0.1, -0.05) is 29.6 Å². The van der Waals surface area contributed by atoms with Crippen molar-refractivity contribution in [3.05, 3.63) is 28.2 Å². The van der Waals surface area contributed by atoms with Crippen molar-refractivity contribution in [1.29, 1.82) is 0 Å². The molecule has 0 bridgehead atoms. The highest BCUT2D eigenvalue weighted by Crippen LogP contribution is 2.27. The molecule has 1 aliphatic carbocycles. The highest BCUT2D eigenvalue weighted by atomic mass is 35.5. The number of benzene rings is 1. The molecular weight excluding hydrogens is 229 g/mol. The summed E-state index contributed by atoms with van der Waals surface area (Å²) in [5, 5.41) is 1.17. The van der Waals surface area contributed by atoms with Gasteiger partial charge in [0.15, 0.2) is 0 Å². The number of nitrogens with zero attached hydrogens (tertiary/aromatic N) is 1. The van der Waals surface area contributed by atoms with E-state index >= 15 is 0 Å². The van der Waals surface area contributed by atoms with Gasteiger partial charge in [0.1, 0.15) is 0 Å². The van der Waals surface area contributed by atoms with Crippen LogP contribution < -0.4 is 0 Å². The highest BCUT2D eigenvalue weighted by molar-refractivity contribution is 6.42. The Bertz CT molecular complexity index is 377. The molecule has 1 saturated carbocycles. The normalized spacial score (nSPS) is 16.5. The monoisotopic (exact) mass is 241 g/mol. The minimum absolute atomic E-state index is 0.578. The van der Waals surface area contributed by atoms with Crippen molar-refractivity contribution in [2.24, 2.45) is 4.99 Å². The average molecular weight is 242 g/mol. The molecule has 0 N–H and O–H groups in total. The summed E-state index contributed by atoms with van der Waals surface area (Å²) in [6.45, 7) is 0. The largest absolute Gasteiger partial charge is 0.258 e. The molecule has 0 aliphatic heterocycles. The highest BCUT2D eigenvalue weighted by Gasteiger charge is 2.07. The van der Waals surface area contributed by atoms with Crippen LogP contribution in [0.25, 0.3) is 0 Å². The molecule has 0 heterocycles. The Labute approximate surface area is 100 Å². The maximum Gasteiger partial charge on any atom is 0.0644 e. The van der Waals surface area contributed by atoms with E-state index < -0.39 is 0 Å². The second-order valence-electron chi connectivity index (χ2n) is 3.84. The van der Waals surface area contributed by atoms with E-state index in [1.165, 1.54) is 25.0 Å². The van der Waals surface area contributed by atoms with Crippen molar-refractivity contribution in [3.8, 4) is 0 Å². The second-order valence-corrected chi connectivity index (χ2v) is 4.65. The lowest BCUT2D eigenvalue weighted by Crippen LogP contribution is -2.03. The van der Waals surface area contributed by atoms with E-state index in [0.29, 0.717) is 10.0 Å². The summed E-state index contributed by atoms with van der Waals surface area (Å²) < 4.78 is 0. The zero-order valence-corrected chi connectivity index (χ0v) is 9.98. The van der Waals surface area contributed by atoms with Gasteiger partial charge in [-0.2, -0.15) is 0 Å². The molecule has 1 aliphatic rings. The number of hydrogen-bond donors (Lipinski definition) is 0. The zero-order chi connectivity index (χ0) is 10.7. The van der Waals surface area contributed by atoms with Crippen molar-refractivity contribution < 1.29 is 0 Å². The Morgan fingerprint density at radius 2 is 1.67 bits per heavy atom. The SMILES string of the molecule is Clc1ccc(N=C2CCCCC2)cc1Cl. The first-order chi connectivity index (χ1) is 7.25. The molecule has 15 heavy (non-hydrogen) atoms. The van der Waals surface area contributed by atoms with Crippen LogP contribution in [0.2, 0.25) is 10.0 Å². The number of halogens is 2. The summed E-state index contributed by atoms with van der Waals surface area (Å²) in [7, 11) is 0. The summed E-state index contributed by atoms with van der Waals surface area (Å²) in [5.74, 6) is 0. The molecule has 1 aromatic rings. The molecule has 80 valence electrons. The van der Waals surface area contributed by atoms with Crippen molar-refractivity contribution in [3.63, 3.8) is 0 Å². The fourth-order valence-corrected chi connectivity index (χ4v) is 2.10. The van der Waals surface area contributed by atoms with Crippen molar-refractivity contribution in [2.75, 3.05) is 0 Å². The summed E-state index contributed by atoms with van der Waals surface area (Å²) in [4.78, 5) is 4.59. The lowest BCUT2D eigenvalue weighted by Gasteiger charge is -2.12. The van der Waals surface area contributed by atoms with Crippen LogP contribution in [0.5, 0.6) is 0 Å². The second kappa shape index (κ2) is 5.00. The number of hydrogen-bond acceptors (Lipinski definition) is 1. The standard InChI is InChI=1S/C12H13Cl2N/c13-11-7-6-10(8-12(11)14)15-9-4-2-1-3-5-9/h6-8H,1-5H2. The van der Waals surface area contributed by atoms with E-state index in [9.17, 15) is 0 Å². The third-order valence-electron chi connectivity index (χ3n) is 2.62. The zero-order valence-electron chi connectivity index (χ0n) is 8.47. The van der Waals surface area contributed by atoms with Crippen molar-refractivity contribution in [2.45, 2.75) is 32.1 Å². The Morgan fingerprint density at radius 3 is 2.33 bits per heavy atom. The molecule has 0 atom stereocenters. The van der Waals surface area contributed by atoms with Gasteiger partial charge in [0.2, 0.25) is 0 Å². The fraction of sp³-hybridized carbons (Fsp3) is 0.417. The molecule has 1 nitrogen and oxygen atoms in total. The van der Waals surface area contributed by atoms with Gasteiger partial charge in [0.25, 0.3) is 0 Å². The van der Waals surface area contributed by atoms with Crippen molar-refractivity contribution in [1.82, 2.24) is 0 Å². The van der Waals surface area contributed by atoms with E-state index in [0.717, 1.165) is 18.5 Å². The lowest BCUT2D eigenvalue weighted by molar-refractivity contribution is 0.667. The molecule has 0 saturated heterocycles. The van der Waals surface area contributed by atoms with E-state index in [1.807, 2.05) is 12.1 Å². The van der Waals surface area contributed by atoms with Gasteiger partial charge in [-0.05, 0) is 43.9 Å². The molecule has 1 aromatic carbocycles. The predicted molar refractivity (Wildman–Crippen MR) is 66.6 cm³/mol. The first-order valence-electron chi connectivity index (χ1n) is 5.27. The van der Waals surface area contributed by atoms with Gasteiger partial charge >= 0.3 is 0 Å². The van der Waals surface area contributed by atoms with E-state index in [2.05, 4.69) is 4.99 Å². The van der Waals surface area contributed by atoms with Crippen LogP contribution in [0.3, 0.4) is 0 Å². The Hall–Kier alpha value is -0.530. The molecule has 1 fully saturated rings. The van der Waals surface area contributed by atoms with Crippen LogP contribution in [0.1, 0.15) is 32.1 Å². The van der Waals surface area contributed by atoms with Gasteiger partial charge in [-0.15, -0.1) is 0 Å². The summed E-state index contributed by atoms with van der Waals surface area (Å²) in [6, 6.07) is 5.54. The van der Waals surface area contributed by atoms with Gasteiger partial charge in [-0.3, -0.25) is 4.99 Å². The van der Waals surface area contributed by atoms with Crippen LogP contribution in [0, 0.1) is 0 Å². The van der Waals surface area contributed by atoms with E-state index in [4.69, 9.17) is 23.2 Å². The van der Waals surface area contributed by atoms with Crippen LogP contribution in [0.4, 0.5) is 5.69 Å². The maximum atomic E-state index is 5.93. The molecule has 3 heteroatoms. The minimum atomic E-state index is 0.578. The smallest absolute Gasteiger partial charge is 0.0644 e. The molecule has 0 amide bonds. The van der Waals surface area contributed by atoms with Crippen LogP contribution >= 0.6 is 23.2 Å². The molecule has 0 radical (unpaired) electrons. The van der Waals surface area contributed by atoms with Gasteiger partial charge in [0, 0.05) is 5.71 Å². The van der Waals surface area contributed by atoms with E-state index in [1.54, 1.807) is 6.07 Å². The third kappa shape index (κ3) is 2.96. The number of rotatable bonds is 1. The van der Waals surface area contributed by atoms with Gasteiger partial charge in [-0.25, -0.2) is 0 Å². The molecule has 0 spiro atoms. The topological polar surface area (TPSA) is 12.4 Å². The summed E-state index contributed by atoms with van der Waals surface area (Å²) in [5.41, 5.74) is 2.21. The van der Waals surface area contributed by atoms with Crippen LogP contribution in [-0.2, 0) is 0 Å². The quantitative estimate of drug-likeness (QED) is 0.654. The maximum absolute atomic E-state index is 5.93. The lowest BCUT2D eigenvalue weighted by atomic mass is 9.98. The molecule has 0 aromatic heterocycles. The molecule has 2 rings (SSSR count). The first kappa shape index (κ1) is 11.0. The Kier molecular flexibility index (Phi) is 3.66. The van der Waals surface area contributed by atoms with Crippen LogP contribution in [0.15, 0.2) is 23.2 Å². The third-order valence-corrected chi connectivity index (χ3v) is 3.36. The van der Waals surface area contributed by atoms with Gasteiger partial charge < -0.3 is 0 Å². The Balaban J connectivity index is 2.18. The van der Waals surface area contributed by atoms with Crippen LogP contribution in [-0.4, -0.2) is 5.71 Å². The Morgan fingerprint density at radius 1 is 0.933 bits per heavy atom. The van der Waals surface area contributed by atoms with Crippen molar-refractivity contribution >= 4 is 34.6 Å². The minimum Gasteiger partial charge on any atom is -0.258 e. The fourth-order valence-electron chi connectivity index (χ4n) is 1.81. The van der Waals surface area contributed by atoms with E-state index in [-0.39, 0.29) is 0 Å².